The molecule has 0 saturated heterocycles. The number of hydrogen-bond donors (Lipinski definition) is 0. The van der Waals surface area contributed by atoms with Gasteiger partial charge in [0.05, 0.1) is 6.61 Å². The summed E-state index contributed by atoms with van der Waals surface area (Å²) in [6, 6.07) is 8.14. The smallest absolute Gasteiger partial charge is 0.119 e. The summed E-state index contributed by atoms with van der Waals surface area (Å²) in [4.78, 5) is 0. The van der Waals surface area contributed by atoms with Gasteiger partial charge in [-0.2, -0.15) is 0 Å². The van der Waals surface area contributed by atoms with E-state index in [0.29, 0.717) is 0 Å². The van der Waals surface area contributed by atoms with Crippen molar-refractivity contribution in [1.82, 2.24) is 0 Å². The molecule has 0 N–H and O–H groups in total. The highest BCUT2D eigenvalue weighted by atomic mass is 79.9. The molecule has 22 heavy (non-hydrogen) atoms. The van der Waals surface area contributed by atoms with Crippen LogP contribution in [0.4, 0.5) is 0 Å². The topological polar surface area (TPSA) is 9.23 Å². The zero-order valence-electron chi connectivity index (χ0n) is 14.0. The Bertz CT molecular complexity index is 393. The van der Waals surface area contributed by atoms with E-state index in [9.17, 15) is 0 Å². The molecule has 0 radical (unpaired) electrons. The van der Waals surface area contributed by atoms with Crippen molar-refractivity contribution in [3.8, 4) is 5.75 Å². The van der Waals surface area contributed by atoms with Gasteiger partial charge in [-0.15, -0.1) is 0 Å². The highest BCUT2D eigenvalue weighted by Crippen LogP contribution is 2.34. The zero-order valence-corrected chi connectivity index (χ0v) is 15.6. The fourth-order valence-electron chi connectivity index (χ4n) is 3.58. The van der Waals surface area contributed by atoms with Gasteiger partial charge in [-0.05, 0) is 48.9 Å². The van der Waals surface area contributed by atoms with Crippen molar-refractivity contribution in [1.29, 1.82) is 0 Å². The van der Waals surface area contributed by atoms with Crippen LogP contribution >= 0.6 is 15.9 Å². The van der Waals surface area contributed by atoms with Gasteiger partial charge in [0, 0.05) is 4.47 Å². The first kappa shape index (κ1) is 17.8. The first-order chi connectivity index (χ1) is 10.8. The summed E-state index contributed by atoms with van der Waals surface area (Å²) in [6.45, 7) is 3.16. The van der Waals surface area contributed by atoms with E-state index in [-0.39, 0.29) is 0 Å². The Kier molecular flexibility index (Phi) is 8.36. The van der Waals surface area contributed by atoms with Gasteiger partial charge in [0.15, 0.2) is 0 Å². The molecule has 1 fully saturated rings. The summed E-state index contributed by atoms with van der Waals surface area (Å²) in [5.74, 6) is 2.97. The highest BCUT2D eigenvalue weighted by Gasteiger charge is 2.20. The molecule has 1 aliphatic carbocycles. The molecule has 0 heterocycles. The second-order valence-electron chi connectivity index (χ2n) is 6.83. The predicted molar refractivity (Wildman–Crippen MR) is 98.5 cm³/mol. The second kappa shape index (κ2) is 10.3. The van der Waals surface area contributed by atoms with Crippen molar-refractivity contribution in [3.63, 3.8) is 0 Å². The summed E-state index contributed by atoms with van der Waals surface area (Å²) in [7, 11) is 0. The summed E-state index contributed by atoms with van der Waals surface area (Å²) in [6.07, 6.45) is 14.1. The van der Waals surface area contributed by atoms with Gasteiger partial charge in [-0.3, -0.25) is 0 Å². The van der Waals surface area contributed by atoms with E-state index in [4.69, 9.17) is 4.74 Å². The summed E-state index contributed by atoms with van der Waals surface area (Å²) >= 11 is 3.45. The lowest BCUT2D eigenvalue weighted by Gasteiger charge is -2.28. The third-order valence-electron chi connectivity index (χ3n) is 5.02. The molecular weight excluding hydrogens is 336 g/mol. The summed E-state index contributed by atoms with van der Waals surface area (Å²) < 4.78 is 6.92. The van der Waals surface area contributed by atoms with Crippen molar-refractivity contribution in [2.24, 2.45) is 11.8 Å². The molecule has 0 aliphatic heterocycles. The van der Waals surface area contributed by atoms with Gasteiger partial charge in [0.25, 0.3) is 0 Å². The van der Waals surface area contributed by atoms with Crippen molar-refractivity contribution in [3.05, 3.63) is 28.7 Å². The number of halogens is 1. The monoisotopic (exact) mass is 366 g/mol. The predicted octanol–water partition coefficient (Wildman–Crippen LogP) is 6.99. The van der Waals surface area contributed by atoms with E-state index >= 15 is 0 Å². The molecule has 0 spiro atoms. The minimum atomic E-state index is 0.859. The molecule has 124 valence electrons. The van der Waals surface area contributed by atoms with Crippen LogP contribution in [-0.4, -0.2) is 6.61 Å². The number of unbranched alkanes of at least 4 members (excludes halogenated alkanes) is 2. The Balaban J connectivity index is 1.52. The van der Waals surface area contributed by atoms with E-state index in [1.54, 1.807) is 0 Å². The van der Waals surface area contributed by atoms with Crippen LogP contribution in [0.5, 0.6) is 5.75 Å². The third-order valence-corrected chi connectivity index (χ3v) is 5.55. The summed E-state index contributed by atoms with van der Waals surface area (Å²) in [5.41, 5.74) is 0. The quantitative estimate of drug-likeness (QED) is 0.427. The van der Waals surface area contributed by atoms with Gasteiger partial charge in [-0.1, -0.05) is 74.2 Å². The van der Waals surface area contributed by atoms with Crippen molar-refractivity contribution < 1.29 is 4.74 Å². The zero-order chi connectivity index (χ0) is 15.6. The van der Waals surface area contributed by atoms with Crippen LogP contribution in [-0.2, 0) is 0 Å². The number of rotatable bonds is 9. The van der Waals surface area contributed by atoms with Crippen LogP contribution in [0.1, 0.15) is 71.1 Å². The maximum absolute atomic E-state index is 5.82. The lowest BCUT2D eigenvalue weighted by molar-refractivity contribution is 0.228. The summed E-state index contributed by atoms with van der Waals surface area (Å²) in [5, 5.41) is 0. The maximum atomic E-state index is 5.82. The van der Waals surface area contributed by atoms with E-state index in [2.05, 4.69) is 22.9 Å². The van der Waals surface area contributed by atoms with E-state index in [1.165, 1.54) is 64.2 Å². The van der Waals surface area contributed by atoms with Gasteiger partial charge in [0.1, 0.15) is 5.75 Å². The molecule has 0 bridgehead atoms. The molecule has 1 aliphatic rings. The van der Waals surface area contributed by atoms with Crippen molar-refractivity contribution in [2.45, 2.75) is 71.1 Å². The minimum Gasteiger partial charge on any atom is -0.494 e. The standard InChI is InChI=1S/C20H31BrO/c1-2-3-4-6-17-8-10-18(11-9-17)7-5-16-22-20-14-12-19(21)13-15-20/h12-15,17-18H,2-11,16H2,1H3. The first-order valence-corrected chi connectivity index (χ1v) is 9.95. The lowest BCUT2D eigenvalue weighted by Crippen LogP contribution is -2.15. The highest BCUT2D eigenvalue weighted by molar-refractivity contribution is 9.10. The van der Waals surface area contributed by atoms with E-state index < -0.39 is 0 Å². The van der Waals surface area contributed by atoms with Gasteiger partial charge >= 0.3 is 0 Å². The second-order valence-corrected chi connectivity index (χ2v) is 7.74. The van der Waals surface area contributed by atoms with Crippen LogP contribution in [0.2, 0.25) is 0 Å². The Hall–Kier alpha value is -0.500. The first-order valence-electron chi connectivity index (χ1n) is 9.16. The van der Waals surface area contributed by atoms with Crippen LogP contribution in [0.15, 0.2) is 28.7 Å². The average molecular weight is 367 g/mol. The molecule has 1 aromatic carbocycles. The van der Waals surface area contributed by atoms with Crippen LogP contribution in [0, 0.1) is 11.8 Å². The number of benzene rings is 1. The third kappa shape index (κ3) is 6.73. The number of hydrogen-bond acceptors (Lipinski definition) is 1. The Morgan fingerprint density at radius 3 is 2.09 bits per heavy atom. The van der Waals surface area contributed by atoms with Crippen LogP contribution in [0.3, 0.4) is 0 Å². The van der Waals surface area contributed by atoms with Gasteiger partial charge in [0.2, 0.25) is 0 Å². The molecule has 2 heteroatoms. The SMILES string of the molecule is CCCCCC1CCC(CCCOc2ccc(Br)cc2)CC1. The molecule has 0 aromatic heterocycles. The molecular formula is C20H31BrO. The Morgan fingerprint density at radius 2 is 1.50 bits per heavy atom. The Labute approximate surface area is 145 Å². The van der Waals surface area contributed by atoms with Gasteiger partial charge in [-0.25, -0.2) is 0 Å². The molecule has 0 unspecified atom stereocenters. The van der Waals surface area contributed by atoms with Crippen molar-refractivity contribution >= 4 is 15.9 Å². The van der Waals surface area contributed by atoms with E-state index in [1.807, 2.05) is 24.3 Å². The minimum absolute atomic E-state index is 0.859. The van der Waals surface area contributed by atoms with Crippen LogP contribution < -0.4 is 4.74 Å². The van der Waals surface area contributed by atoms with Crippen LogP contribution in [0.25, 0.3) is 0 Å². The number of ether oxygens (including phenoxy) is 1. The molecule has 1 aromatic rings. The maximum Gasteiger partial charge on any atom is 0.119 e. The molecule has 0 amide bonds. The molecule has 1 nitrogen and oxygen atoms in total. The van der Waals surface area contributed by atoms with Crippen molar-refractivity contribution in [2.75, 3.05) is 6.61 Å². The van der Waals surface area contributed by atoms with E-state index in [0.717, 1.165) is 28.7 Å². The van der Waals surface area contributed by atoms with Gasteiger partial charge < -0.3 is 4.74 Å². The molecule has 0 atom stereocenters. The normalized spacial score (nSPS) is 21.7. The average Bonchev–Trinajstić information content (AvgIpc) is 2.55. The lowest BCUT2D eigenvalue weighted by atomic mass is 9.78. The Morgan fingerprint density at radius 1 is 0.909 bits per heavy atom. The largest absolute Gasteiger partial charge is 0.494 e. The molecule has 2 rings (SSSR count). The fraction of sp³-hybridized carbons (Fsp3) is 0.700. The molecule has 1 saturated carbocycles. The fourth-order valence-corrected chi connectivity index (χ4v) is 3.85.